The van der Waals surface area contributed by atoms with E-state index in [9.17, 15) is 8.78 Å². The molecule has 0 aliphatic carbocycles. The minimum atomic E-state index is -0.791. The zero-order valence-electron chi connectivity index (χ0n) is 15.1. The molecule has 1 fully saturated rings. The Bertz CT molecular complexity index is 730. The van der Waals surface area contributed by atoms with E-state index in [0.29, 0.717) is 18.5 Å². The first-order valence-electron chi connectivity index (χ1n) is 8.96. The molecule has 1 N–H and O–H groups in total. The number of nitrogens with one attached hydrogen (secondary N) is 1. The van der Waals surface area contributed by atoms with Gasteiger partial charge in [0.1, 0.15) is 0 Å². The Morgan fingerprint density at radius 3 is 2.60 bits per heavy atom. The molecule has 2 unspecified atom stereocenters. The third-order valence-corrected chi connectivity index (χ3v) is 5.06. The highest BCUT2D eigenvalue weighted by molar-refractivity contribution is 5.33. The molecule has 0 radical (unpaired) electrons. The van der Waals surface area contributed by atoms with Crippen LogP contribution in [0.4, 0.5) is 8.78 Å². The first kappa shape index (κ1) is 18.0. The Hall–Kier alpha value is -1.78. The van der Waals surface area contributed by atoms with Crippen molar-refractivity contribution in [1.82, 2.24) is 10.2 Å². The SMILES string of the molecule is CC(C)c1ccccc1C1CN(Cc2ccc(F)c(F)c2)C(C)CN1. The van der Waals surface area contributed by atoms with Gasteiger partial charge in [0.05, 0.1) is 0 Å². The zero-order valence-corrected chi connectivity index (χ0v) is 15.1. The molecule has 1 saturated heterocycles. The molecule has 0 amide bonds. The van der Waals surface area contributed by atoms with Gasteiger partial charge in [-0.3, -0.25) is 4.90 Å². The van der Waals surface area contributed by atoms with E-state index in [1.807, 2.05) is 0 Å². The van der Waals surface area contributed by atoms with Crippen molar-refractivity contribution in [2.45, 2.75) is 45.3 Å². The van der Waals surface area contributed by atoms with Crippen molar-refractivity contribution in [3.8, 4) is 0 Å². The van der Waals surface area contributed by atoms with Crippen molar-refractivity contribution in [3.63, 3.8) is 0 Å². The van der Waals surface area contributed by atoms with Crippen molar-refractivity contribution in [3.05, 3.63) is 70.8 Å². The zero-order chi connectivity index (χ0) is 18.0. The van der Waals surface area contributed by atoms with Crippen molar-refractivity contribution in [2.24, 2.45) is 0 Å². The molecule has 2 aromatic carbocycles. The van der Waals surface area contributed by atoms with E-state index < -0.39 is 11.6 Å². The van der Waals surface area contributed by atoms with Crippen molar-refractivity contribution in [2.75, 3.05) is 13.1 Å². The Morgan fingerprint density at radius 2 is 1.88 bits per heavy atom. The minimum absolute atomic E-state index is 0.250. The van der Waals surface area contributed by atoms with Crippen molar-refractivity contribution in [1.29, 1.82) is 0 Å². The maximum absolute atomic E-state index is 13.5. The lowest BCUT2D eigenvalue weighted by atomic mass is 9.91. The van der Waals surface area contributed by atoms with Gasteiger partial charge < -0.3 is 5.32 Å². The lowest BCUT2D eigenvalue weighted by Crippen LogP contribution is -2.51. The van der Waals surface area contributed by atoms with E-state index in [1.165, 1.54) is 23.3 Å². The third kappa shape index (κ3) is 4.07. The second-order valence-electron chi connectivity index (χ2n) is 7.27. The number of nitrogens with zero attached hydrogens (tertiary/aromatic N) is 1. The summed E-state index contributed by atoms with van der Waals surface area (Å²) in [6.07, 6.45) is 0. The summed E-state index contributed by atoms with van der Waals surface area (Å²) in [4.78, 5) is 2.34. The molecular weight excluding hydrogens is 318 g/mol. The molecule has 2 nitrogen and oxygen atoms in total. The van der Waals surface area contributed by atoms with Crippen LogP contribution in [0.2, 0.25) is 0 Å². The van der Waals surface area contributed by atoms with Crippen LogP contribution in [0.1, 0.15) is 49.4 Å². The summed E-state index contributed by atoms with van der Waals surface area (Å²) in [5, 5.41) is 3.64. The normalized spacial score (nSPS) is 21.7. The fourth-order valence-electron chi connectivity index (χ4n) is 3.58. The molecule has 0 bridgehead atoms. The van der Waals surface area contributed by atoms with Crippen molar-refractivity contribution >= 4 is 0 Å². The Balaban J connectivity index is 1.79. The van der Waals surface area contributed by atoms with E-state index in [1.54, 1.807) is 6.07 Å². The highest BCUT2D eigenvalue weighted by atomic mass is 19.2. The molecule has 134 valence electrons. The van der Waals surface area contributed by atoms with Gasteiger partial charge >= 0.3 is 0 Å². The van der Waals surface area contributed by atoms with Crippen LogP contribution in [-0.4, -0.2) is 24.0 Å². The second kappa shape index (κ2) is 7.63. The Labute approximate surface area is 148 Å². The number of piperazine rings is 1. The van der Waals surface area contributed by atoms with E-state index in [0.717, 1.165) is 18.7 Å². The Morgan fingerprint density at radius 1 is 1.12 bits per heavy atom. The van der Waals surface area contributed by atoms with E-state index in [4.69, 9.17) is 0 Å². The van der Waals surface area contributed by atoms with Crippen LogP contribution >= 0.6 is 0 Å². The van der Waals surface area contributed by atoms with Crippen LogP contribution in [0.25, 0.3) is 0 Å². The molecule has 3 rings (SSSR count). The first-order valence-corrected chi connectivity index (χ1v) is 8.96. The molecule has 0 saturated carbocycles. The average molecular weight is 344 g/mol. The van der Waals surface area contributed by atoms with E-state index in [-0.39, 0.29) is 6.04 Å². The largest absolute Gasteiger partial charge is 0.307 e. The monoisotopic (exact) mass is 344 g/mol. The molecule has 0 spiro atoms. The number of halogens is 2. The quantitative estimate of drug-likeness (QED) is 0.870. The predicted molar refractivity (Wildman–Crippen MR) is 97.5 cm³/mol. The molecule has 0 aromatic heterocycles. The summed E-state index contributed by atoms with van der Waals surface area (Å²) in [6, 6.07) is 13.3. The van der Waals surface area contributed by atoms with Gasteiger partial charge in [0.2, 0.25) is 0 Å². The summed E-state index contributed by atoms with van der Waals surface area (Å²) in [5.74, 6) is -1.10. The van der Waals surface area contributed by atoms with Crippen LogP contribution in [0.5, 0.6) is 0 Å². The Kier molecular flexibility index (Phi) is 5.50. The maximum Gasteiger partial charge on any atom is 0.159 e. The number of hydrogen-bond donors (Lipinski definition) is 1. The summed E-state index contributed by atoms with van der Waals surface area (Å²) in [7, 11) is 0. The van der Waals surface area contributed by atoms with Gasteiger partial charge in [-0.25, -0.2) is 8.78 Å². The number of rotatable bonds is 4. The smallest absolute Gasteiger partial charge is 0.159 e. The topological polar surface area (TPSA) is 15.3 Å². The molecule has 2 aromatic rings. The molecule has 1 aliphatic heterocycles. The second-order valence-corrected chi connectivity index (χ2v) is 7.27. The van der Waals surface area contributed by atoms with Crippen LogP contribution in [-0.2, 0) is 6.54 Å². The van der Waals surface area contributed by atoms with Crippen LogP contribution in [0.3, 0.4) is 0 Å². The summed E-state index contributed by atoms with van der Waals surface area (Å²) in [5.41, 5.74) is 3.51. The van der Waals surface area contributed by atoms with E-state index in [2.05, 4.69) is 55.3 Å². The average Bonchev–Trinajstić information content (AvgIpc) is 2.60. The fraction of sp³-hybridized carbons (Fsp3) is 0.429. The minimum Gasteiger partial charge on any atom is -0.307 e. The van der Waals surface area contributed by atoms with Gasteiger partial charge in [-0.2, -0.15) is 0 Å². The van der Waals surface area contributed by atoms with Crippen molar-refractivity contribution < 1.29 is 8.78 Å². The van der Waals surface area contributed by atoms with Crippen LogP contribution in [0.15, 0.2) is 42.5 Å². The lowest BCUT2D eigenvalue weighted by molar-refractivity contribution is 0.133. The van der Waals surface area contributed by atoms with Gasteiger partial charge in [-0.05, 0) is 41.7 Å². The maximum atomic E-state index is 13.5. The first-order chi connectivity index (χ1) is 12.0. The standard InChI is InChI=1S/C21H26F2N2/c1-14(2)17-6-4-5-7-18(17)21-13-25(15(3)11-24-21)12-16-8-9-19(22)20(23)10-16/h4-10,14-15,21,24H,11-13H2,1-3H3. The molecule has 25 heavy (non-hydrogen) atoms. The highest BCUT2D eigenvalue weighted by Gasteiger charge is 2.27. The number of hydrogen-bond acceptors (Lipinski definition) is 2. The molecule has 4 heteroatoms. The molecule has 1 heterocycles. The van der Waals surface area contributed by atoms with Crippen LogP contribution in [0, 0.1) is 11.6 Å². The van der Waals surface area contributed by atoms with Gasteiger partial charge in [-0.1, -0.05) is 44.2 Å². The fourth-order valence-corrected chi connectivity index (χ4v) is 3.58. The number of benzene rings is 2. The highest BCUT2D eigenvalue weighted by Crippen LogP contribution is 2.28. The molecule has 2 atom stereocenters. The summed E-state index contributed by atoms with van der Waals surface area (Å²) >= 11 is 0. The van der Waals surface area contributed by atoms with Crippen LogP contribution < -0.4 is 5.32 Å². The molecule has 1 aliphatic rings. The lowest BCUT2D eigenvalue weighted by Gasteiger charge is -2.40. The van der Waals surface area contributed by atoms with Gasteiger partial charge in [0.15, 0.2) is 11.6 Å². The van der Waals surface area contributed by atoms with Gasteiger partial charge in [0.25, 0.3) is 0 Å². The molecular formula is C21H26F2N2. The van der Waals surface area contributed by atoms with Gasteiger partial charge in [0, 0.05) is 31.7 Å². The summed E-state index contributed by atoms with van der Waals surface area (Å²) < 4.78 is 26.7. The van der Waals surface area contributed by atoms with Gasteiger partial charge in [-0.15, -0.1) is 0 Å². The predicted octanol–water partition coefficient (Wildman–Crippen LogP) is 4.62. The van der Waals surface area contributed by atoms with E-state index >= 15 is 0 Å². The summed E-state index contributed by atoms with van der Waals surface area (Å²) in [6.45, 7) is 8.94. The third-order valence-electron chi connectivity index (χ3n) is 5.06.